The Bertz CT molecular complexity index is 1290. The fraction of sp³-hybridized carbons (Fsp3) is 0.433. The van der Waals surface area contributed by atoms with E-state index in [9.17, 15) is 18.0 Å². The molecular weight excluding hydrogens is 511 g/mol. The van der Waals surface area contributed by atoms with E-state index in [1.807, 2.05) is 51.1 Å². The standard InChI is InChI=1S/C30H32F3NO5/c1-28(2,3)39-27(35)34-14-7-13-29(26(34)20-8-5-4-6-9-20)17-22(19-37-29)25-16-23(38-30(31,32)33)10-11-24(25)21-12-15-36-18-21/h4-6,8-12,15-16,18,22,26H,7,13-14,17,19H2,1-3H3/t22-,26+,29-/m1/s1. The Morgan fingerprint density at radius 1 is 1.08 bits per heavy atom. The molecule has 39 heavy (non-hydrogen) atoms. The first-order valence-electron chi connectivity index (χ1n) is 13.0. The molecule has 0 saturated carbocycles. The number of nitrogens with zero attached hydrogens (tertiary/aromatic N) is 1. The molecule has 208 valence electrons. The Morgan fingerprint density at radius 2 is 1.85 bits per heavy atom. The second-order valence-corrected chi connectivity index (χ2v) is 11.2. The molecule has 0 radical (unpaired) electrons. The summed E-state index contributed by atoms with van der Waals surface area (Å²) in [6.45, 7) is 6.29. The van der Waals surface area contributed by atoms with Crippen molar-refractivity contribution < 1.29 is 36.6 Å². The van der Waals surface area contributed by atoms with Crippen LogP contribution in [0.25, 0.3) is 11.1 Å². The summed E-state index contributed by atoms with van der Waals surface area (Å²) in [6, 6.07) is 15.4. The maximum atomic E-state index is 13.4. The lowest BCUT2D eigenvalue weighted by molar-refractivity contribution is -0.274. The number of carbonyl (C=O) groups excluding carboxylic acids is 1. The third kappa shape index (κ3) is 5.93. The maximum Gasteiger partial charge on any atom is 0.573 e. The van der Waals surface area contributed by atoms with Gasteiger partial charge >= 0.3 is 12.5 Å². The van der Waals surface area contributed by atoms with Gasteiger partial charge in [-0.15, -0.1) is 13.2 Å². The largest absolute Gasteiger partial charge is 0.573 e. The van der Waals surface area contributed by atoms with Crippen LogP contribution in [0.1, 0.15) is 63.1 Å². The zero-order chi connectivity index (χ0) is 27.8. The van der Waals surface area contributed by atoms with Crippen LogP contribution < -0.4 is 4.74 Å². The van der Waals surface area contributed by atoms with E-state index in [1.165, 1.54) is 18.4 Å². The minimum atomic E-state index is -4.81. The zero-order valence-electron chi connectivity index (χ0n) is 22.2. The highest BCUT2D eigenvalue weighted by Crippen LogP contribution is 2.53. The van der Waals surface area contributed by atoms with Crippen LogP contribution >= 0.6 is 0 Å². The monoisotopic (exact) mass is 543 g/mol. The van der Waals surface area contributed by atoms with Crippen LogP contribution in [0.3, 0.4) is 0 Å². The third-order valence-corrected chi connectivity index (χ3v) is 7.24. The number of likely N-dealkylation sites (tertiary alicyclic amines) is 1. The summed E-state index contributed by atoms with van der Waals surface area (Å²) in [4.78, 5) is 15.1. The lowest BCUT2D eigenvalue weighted by Gasteiger charge is -2.47. The molecule has 0 bridgehead atoms. The summed E-state index contributed by atoms with van der Waals surface area (Å²) in [7, 11) is 0. The van der Waals surface area contributed by atoms with E-state index >= 15 is 0 Å². The van der Waals surface area contributed by atoms with Crippen LogP contribution in [0, 0.1) is 0 Å². The first-order chi connectivity index (χ1) is 18.4. The summed E-state index contributed by atoms with van der Waals surface area (Å²) >= 11 is 0. The molecule has 0 aliphatic carbocycles. The number of piperidine rings is 1. The molecule has 3 heterocycles. The third-order valence-electron chi connectivity index (χ3n) is 7.24. The quantitative estimate of drug-likeness (QED) is 0.335. The number of alkyl halides is 3. The highest BCUT2D eigenvalue weighted by atomic mass is 19.4. The smallest absolute Gasteiger partial charge is 0.472 e. The number of halogens is 3. The van der Waals surface area contributed by atoms with Crippen molar-refractivity contribution in [3.8, 4) is 16.9 Å². The number of hydrogen-bond donors (Lipinski definition) is 0. The number of furan rings is 1. The van der Waals surface area contributed by atoms with Gasteiger partial charge in [-0.05, 0) is 74.9 Å². The Balaban J connectivity index is 1.53. The molecule has 1 amide bonds. The molecule has 3 aromatic rings. The van der Waals surface area contributed by atoms with Gasteiger partial charge in [0.2, 0.25) is 0 Å². The minimum Gasteiger partial charge on any atom is -0.472 e. The molecule has 2 aliphatic heterocycles. The molecule has 2 aromatic carbocycles. The average Bonchev–Trinajstić information content (AvgIpc) is 3.53. The Kier molecular flexibility index (Phi) is 7.13. The van der Waals surface area contributed by atoms with E-state index in [4.69, 9.17) is 13.9 Å². The first-order valence-corrected chi connectivity index (χ1v) is 13.0. The number of ether oxygens (including phenoxy) is 3. The average molecular weight is 544 g/mol. The second kappa shape index (κ2) is 10.3. The molecule has 0 unspecified atom stereocenters. The number of carbonyl (C=O) groups is 1. The molecular formula is C30H32F3NO5. The van der Waals surface area contributed by atoms with E-state index in [0.717, 1.165) is 16.7 Å². The lowest BCUT2D eigenvalue weighted by atomic mass is 9.75. The summed E-state index contributed by atoms with van der Waals surface area (Å²) in [5, 5.41) is 0. The van der Waals surface area contributed by atoms with Gasteiger partial charge in [0.1, 0.15) is 11.4 Å². The van der Waals surface area contributed by atoms with E-state index < -0.39 is 29.7 Å². The number of benzene rings is 2. The van der Waals surface area contributed by atoms with Crippen LogP contribution in [0.4, 0.5) is 18.0 Å². The Morgan fingerprint density at radius 3 is 2.51 bits per heavy atom. The van der Waals surface area contributed by atoms with E-state index in [0.29, 0.717) is 31.4 Å². The topological polar surface area (TPSA) is 61.1 Å². The minimum absolute atomic E-state index is 0.239. The maximum absolute atomic E-state index is 13.4. The van der Waals surface area contributed by atoms with Gasteiger partial charge in [-0.2, -0.15) is 0 Å². The van der Waals surface area contributed by atoms with Gasteiger partial charge in [-0.1, -0.05) is 36.4 Å². The van der Waals surface area contributed by atoms with Crippen molar-refractivity contribution in [3.05, 3.63) is 78.3 Å². The molecule has 2 aliphatic rings. The zero-order valence-corrected chi connectivity index (χ0v) is 22.2. The fourth-order valence-corrected chi connectivity index (χ4v) is 5.86. The van der Waals surface area contributed by atoms with Gasteiger partial charge in [0.15, 0.2) is 0 Å². The highest BCUT2D eigenvalue weighted by Gasteiger charge is 2.53. The predicted octanol–water partition coefficient (Wildman–Crippen LogP) is 7.86. The second-order valence-electron chi connectivity index (χ2n) is 11.2. The molecule has 3 atom stereocenters. The van der Waals surface area contributed by atoms with Crippen LogP contribution in [0.2, 0.25) is 0 Å². The van der Waals surface area contributed by atoms with Crippen LogP contribution in [0.15, 0.2) is 71.5 Å². The van der Waals surface area contributed by atoms with Crippen molar-refractivity contribution in [1.82, 2.24) is 4.90 Å². The van der Waals surface area contributed by atoms with Gasteiger partial charge in [0.05, 0.1) is 30.8 Å². The van der Waals surface area contributed by atoms with Crippen molar-refractivity contribution >= 4 is 6.09 Å². The highest BCUT2D eigenvalue weighted by molar-refractivity contribution is 5.70. The summed E-state index contributed by atoms with van der Waals surface area (Å²) < 4.78 is 61.1. The summed E-state index contributed by atoms with van der Waals surface area (Å²) in [5.74, 6) is -0.527. The number of rotatable bonds is 4. The Labute approximate surface area is 225 Å². The van der Waals surface area contributed by atoms with Gasteiger partial charge < -0.3 is 18.6 Å². The van der Waals surface area contributed by atoms with Gasteiger partial charge in [-0.25, -0.2) is 4.79 Å². The van der Waals surface area contributed by atoms with E-state index in [2.05, 4.69) is 4.74 Å². The van der Waals surface area contributed by atoms with Gasteiger partial charge in [0, 0.05) is 18.0 Å². The number of amides is 1. The molecule has 1 spiro atoms. The van der Waals surface area contributed by atoms with Crippen molar-refractivity contribution in [2.45, 2.75) is 69.6 Å². The van der Waals surface area contributed by atoms with Crippen molar-refractivity contribution in [2.24, 2.45) is 0 Å². The van der Waals surface area contributed by atoms with Crippen molar-refractivity contribution in [2.75, 3.05) is 13.2 Å². The fourth-order valence-electron chi connectivity index (χ4n) is 5.86. The van der Waals surface area contributed by atoms with Crippen LogP contribution in [0.5, 0.6) is 5.75 Å². The summed E-state index contributed by atoms with van der Waals surface area (Å²) in [6.07, 6.45) is -0.224. The van der Waals surface area contributed by atoms with Crippen molar-refractivity contribution in [3.63, 3.8) is 0 Å². The molecule has 2 saturated heterocycles. The molecule has 9 heteroatoms. The van der Waals surface area contributed by atoms with Gasteiger partial charge in [-0.3, -0.25) is 4.90 Å². The van der Waals surface area contributed by atoms with Crippen LogP contribution in [-0.2, 0) is 9.47 Å². The number of hydrogen-bond acceptors (Lipinski definition) is 5. The Hall–Kier alpha value is -3.46. The molecule has 1 aromatic heterocycles. The lowest BCUT2D eigenvalue weighted by Crippen LogP contribution is -2.53. The van der Waals surface area contributed by atoms with E-state index in [-0.39, 0.29) is 18.3 Å². The first kappa shape index (κ1) is 27.1. The SMILES string of the molecule is CC(C)(C)OC(=O)N1CCC[C@@]2(C[C@@H](c3cc(OC(F)(F)F)ccc3-c3ccoc3)CO2)[C@@H]1c1ccccc1. The van der Waals surface area contributed by atoms with Crippen LogP contribution in [-0.4, -0.2) is 41.7 Å². The van der Waals surface area contributed by atoms with Crippen molar-refractivity contribution in [1.29, 1.82) is 0 Å². The summed E-state index contributed by atoms with van der Waals surface area (Å²) in [5.41, 5.74) is 1.70. The van der Waals surface area contributed by atoms with Gasteiger partial charge in [0.25, 0.3) is 0 Å². The molecule has 2 fully saturated rings. The molecule has 6 nitrogen and oxygen atoms in total. The normalized spacial score (nSPS) is 23.7. The molecule has 5 rings (SSSR count). The predicted molar refractivity (Wildman–Crippen MR) is 138 cm³/mol. The van der Waals surface area contributed by atoms with E-state index in [1.54, 1.807) is 23.3 Å². The molecule has 0 N–H and O–H groups in total.